The highest BCUT2D eigenvalue weighted by Gasteiger charge is 2.14. The molecule has 25 heavy (non-hydrogen) atoms. The van der Waals surface area contributed by atoms with Crippen LogP contribution < -0.4 is 10.2 Å². The van der Waals surface area contributed by atoms with Gasteiger partial charge in [0.1, 0.15) is 17.3 Å². The van der Waals surface area contributed by atoms with Gasteiger partial charge in [-0.25, -0.2) is 9.97 Å². The summed E-state index contributed by atoms with van der Waals surface area (Å²) in [5.74, 6) is 0.828. The average molecular weight is 353 g/mol. The molecule has 1 N–H and O–H groups in total. The second-order valence-electron chi connectivity index (χ2n) is 5.49. The molecule has 0 atom stereocenters. The van der Waals surface area contributed by atoms with E-state index in [1.165, 1.54) is 0 Å². The van der Waals surface area contributed by atoms with E-state index >= 15 is 0 Å². The summed E-state index contributed by atoms with van der Waals surface area (Å²) in [6.07, 6.45) is 0. The van der Waals surface area contributed by atoms with E-state index in [1.807, 2.05) is 42.3 Å². The van der Waals surface area contributed by atoms with Crippen LogP contribution >= 0.6 is 11.6 Å². The zero-order chi connectivity index (χ0) is 17.8. The van der Waals surface area contributed by atoms with Crippen molar-refractivity contribution in [3.8, 4) is 0 Å². The molecule has 0 bridgehead atoms. The van der Waals surface area contributed by atoms with Crippen LogP contribution in [-0.4, -0.2) is 22.9 Å². The van der Waals surface area contributed by atoms with Crippen LogP contribution in [0.1, 0.15) is 16.3 Å². The van der Waals surface area contributed by atoms with Gasteiger partial charge in [0.25, 0.3) is 5.91 Å². The Morgan fingerprint density at radius 1 is 1.04 bits per heavy atom. The Balaban J connectivity index is 1.89. The van der Waals surface area contributed by atoms with Gasteiger partial charge in [0, 0.05) is 18.8 Å². The van der Waals surface area contributed by atoms with Crippen molar-refractivity contribution in [1.82, 2.24) is 9.97 Å². The van der Waals surface area contributed by atoms with E-state index in [2.05, 4.69) is 15.3 Å². The van der Waals surface area contributed by atoms with E-state index in [-0.39, 0.29) is 11.6 Å². The molecule has 1 amide bonds. The molecule has 0 spiro atoms. The molecule has 0 saturated carbocycles. The summed E-state index contributed by atoms with van der Waals surface area (Å²) in [5.41, 5.74) is 1.80. The molecule has 0 fully saturated rings. The highest BCUT2D eigenvalue weighted by molar-refractivity contribution is 6.33. The Kier molecular flexibility index (Phi) is 4.95. The van der Waals surface area contributed by atoms with Gasteiger partial charge in [-0.3, -0.25) is 4.79 Å². The minimum absolute atomic E-state index is 0.283. The van der Waals surface area contributed by atoms with Crippen LogP contribution in [0.15, 0.2) is 60.7 Å². The highest BCUT2D eigenvalue weighted by atomic mass is 35.5. The lowest BCUT2D eigenvalue weighted by Crippen LogP contribution is -2.18. The molecule has 0 radical (unpaired) electrons. The van der Waals surface area contributed by atoms with Gasteiger partial charge in [-0.05, 0) is 31.2 Å². The Morgan fingerprint density at radius 3 is 2.44 bits per heavy atom. The van der Waals surface area contributed by atoms with Gasteiger partial charge in [-0.1, -0.05) is 41.9 Å². The average Bonchev–Trinajstić information content (AvgIpc) is 2.63. The maximum Gasteiger partial charge on any atom is 0.274 e. The number of aromatic nitrogens is 2. The number of hydrogen-bond donors (Lipinski definition) is 1. The van der Waals surface area contributed by atoms with E-state index in [1.54, 1.807) is 37.3 Å². The fourth-order valence-electron chi connectivity index (χ4n) is 2.37. The second-order valence-corrected chi connectivity index (χ2v) is 5.89. The van der Waals surface area contributed by atoms with Gasteiger partial charge >= 0.3 is 0 Å². The van der Waals surface area contributed by atoms with Gasteiger partial charge in [0.2, 0.25) is 0 Å². The third-order valence-electron chi connectivity index (χ3n) is 3.67. The molecule has 0 saturated heterocycles. The molecular weight excluding hydrogens is 336 g/mol. The summed E-state index contributed by atoms with van der Waals surface area (Å²) in [6.45, 7) is 1.76. The van der Waals surface area contributed by atoms with Crippen LogP contribution in [0.4, 0.5) is 17.2 Å². The normalized spacial score (nSPS) is 10.4. The van der Waals surface area contributed by atoms with E-state index < -0.39 is 0 Å². The summed E-state index contributed by atoms with van der Waals surface area (Å²) in [6, 6.07) is 18.5. The number of para-hydroxylation sites is 2. The lowest BCUT2D eigenvalue weighted by atomic mass is 10.2. The molecule has 0 unspecified atom stereocenters. The number of rotatable bonds is 4. The van der Waals surface area contributed by atoms with Crippen molar-refractivity contribution in [3.63, 3.8) is 0 Å². The van der Waals surface area contributed by atoms with Crippen molar-refractivity contribution in [2.45, 2.75) is 6.92 Å². The molecule has 1 aromatic heterocycles. The summed E-state index contributed by atoms with van der Waals surface area (Å²) < 4.78 is 0. The van der Waals surface area contributed by atoms with Gasteiger partial charge in [0.15, 0.2) is 0 Å². The van der Waals surface area contributed by atoms with Crippen LogP contribution in [0.5, 0.6) is 0 Å². The van der Waals surface area contributed by atoms with Crippen molar-refractivity contribution >= 4 is 34.7 Å². The largest absolute Gasteiger partial charge is 0.329 e. The number of carbonyl (C=O) groups is 1. The minimum Gasteiger partial charge on any atom is -0.329 e. The van der Waals surface area contributed by atoms with Gasteiger partial charge in [-0.15, -0.1) is 0 Å². The second kappa shape index (κ2) is 7.32. The van der Waals surface area contributed by atoms with E-state index in [0.29, 0.717) is 22.4 Å². The third-order valence-corrected chi connectivity index (χ3v) is 4.00. The third kappa shape index (κ3) is 3.95. The van der Waals surface area contributed by atoms with Gasteiger partial charge < -0.3 is 10.2 Å². The molecule has 5 nitrogen and oxygen atoms in total. The molecule has 126 valence electrons. The van der Waals surface area contributed by atoms with Gasteiger partial charge in [0.05, 0.1) is 10.7 Å². The number of carbonyl (C=O) groups excluding carboxylic acids is 1. The molecular formula is C19H17ClN4O. The predicted molar refractivity (Wildman–Crippen MR) is 101 cm³/mol. The summed E-state index contributed by atoms with van der Waals surface area (Å²) in [5, 5.41) is 3.26. The number of halogens is 1. The van der Waals surface area contributed by atoms with Gasteiger partial charge in [-0.2, -0.15) is 0 Å². The molecule has 3 rings (SSSR count). The SMILES string of the molecule is Cc1nc(C(=O)Nc2ccccc2Cl)cc(N(C)c2ccccc2)n1. The maximum atomic E-state index is 12.6. The van der Waals surface area contributed by atoms with Crippen molar-refractivity contribution in [1.29, 1.82) is 0 Å². The topological polar surface area (TPSA) is 58.1 Å². The summed E-state index contributed by atoms with van der Waals surface area (Å²) in [4.78, 5) is 23.1. The fraction of sp³-hybridized carbons (Fsp3) is 0.105. The molecule has 1 heterocycles. The number of aryl methyl sites for hydroxylation is 1. The zero-order valence-corrected chi connectivity index (χ0v) is 14.7. The molecule has 2 aromatic carbocycles. The lowest BCUT2D eigenvalue weighted by Gasteiger charge is -2.19. The first-order valence-electron chi connectivity index (χ1n) is 7.75. The summed E-state index contributed by atoms with van der Waals surface area (Å²) in [7, 11) is 1.90. The molecule has 0 aliphatic carbocycles. The predicted octanol–water partition coefficient (Wildman–Crippen LogP) is 4.46. The van der Waals surface area contributed by atoms with Crippen molar-refractivity contribution < 1.29 is 4.79 Å². The molecule has 3 aromatic rings. The zero-order valence-electron chi connectivity index (χ0n) is 13.9. The maximum absolute atomic E-state index is 12.6. The Labute approximate surface area is 151 Å². The smallest absolute Gasteiger partial charge is 0.274 e. The van der Waals surface area contributed by atoms with Crippen molar-refractivity contribution in [2.75, 3.05) is 17.3 Å². The molecule has 0 aliphatic heterocycles. The van der Waals surface area contributed by atoms with Crippen LogP contribution in [0.25, 0.3) is 0 Å². The fourth-order valence-corrected chi connectivity index (χ4v) is 2.56. The number of anilines is 3. The number of hydrogen-bond acceptors (Lipinski definition) is 4. The van der Waals surface area contributed by atoms with Crippen LogP contribution in [-0.2, 0) is 0 Å². The van der Waals surface area contributed by atoms with E-state index in [4.69, 9.17) is 11.6 Å². The number of benzene rings is 2. The first-order valence-corrected chi connectivity index (χ1v) is 8.13. The Hall–Kier alpha value is -2.92. The quantitative estimate of drug-likeness (QED) is 0.753. The Morgan fingerprint density at radius 2 is 1.72 bits per heavy atom. The van der Waals surface area contributed by atoms with Crippen LogP contribution in [0, 0.1) is 6.92 Å². The monoisotopic (exact) mass is 352 g/mol. The first-order chi connectivity index (χ1) is 12.0. The minimum atomic E-state index is -0.332. The number of nitrogens with zero attached hydrogens (tertiary/aromatic N) is 3. The van der Waals surface area contributed by atoms with E-state index in [0.717, 1.165) is 5.69 Å². The summed E-state index contributed by atoms with van der Waals surface area (Å²) >= 11 is 6.09. The molecule has 0 aliphatic rings. The highest BCUT2D eigenvalue weighted by Crippen LogP contribution is 2.24. The standard InChI is InChI=1S/C19H17ClN4O/c1-13-21-17(19(25)23-16-11-7-6-10-15(16)20)12-18(22-13)24(2)14-8-4-3-5-9-14/h3-12H,1-2H3,(H,23,25). The lowest BCUT2D eigenvalue weighted by molar-refractivity contribution is 0.102. The molecule has 6 heteroatoms. The van der Waals surface area contributed by atoms with E-state index in [9.17, 15) is 4.79 Å². The van der Waals surface area contributed by atoms with Crippen molar-refractivity contribution in [2.24, 2.45) is 0 Å². The van der Waals surface area contributed by atoms with Crippen LogP contribution in [0.3, 0.4) is 0 Å². The Bertz CT molecular complexity index is 899. The number of nitrogens with one attached hydrogen (secondary N) is 1. The first kappa shape index (κ1) is 16.9. The number of amides is 1. The van der Waals surface area contributed by atoms with Crippen molar-refractivity contribution in [3.05, 3.63) is 77.2 Å². The van der Waals surface area contributed by atoms with Crippen LogP contribution in [0.2, 0.25) is 5.02 Å².